The minimum Gasteiger partial charge on any atom is -0.399 e. The zero-order chi connectivity index (χ0) is 15.5. The number of nitrogens with one attached hydrogen (secondary N) is 1. The van der Waals surface area contributed by atoms with Gasteiger partial charge in [0.05, 0.1) is 5.75 Å². The molecule has 1 aromatic carbocycles. The molecule has 0 heterocycles. The number of carbonyl (C=O) groups is 1. The monoisotopic (exact) mass is 310 g/mol. The first kappa shape index (κ1) is 15.8. The molecule has 6 heteroatoms. The number of anilines is 2. The van der Waals surface area contributed by atoms with E-state index in [1.54, 1.807) is 24.3 Å². The van der Waals surface area contributed by atoms with E-state index < -0.39 is 21.0 Å². The van der Waals surface area contributed by atoms with Gasteiger partial charge in [0.1, 0.15) is 5.25 Å². The Bertz CT molecular complexity index is 607. The predicted molar refractivity (Wildman–Crippen MR) is 84.7 cm³/mol. The summed E-state index contributed by atoms with van der Waals surface area (Å²) in [5, 5.41) is 1.57. The highest BCUT2D eigenvalue weighted by Gasteiger charge is 2.31. The second-order valence-corrected chi connectivity index (χ2v) is 8.10. The molecule has 1 amide bonds. The molecule has 0 aliphatic heterocycles. The second kappa shape index (κ2) is 6.47. The van der Waals surface area contributed by atoms with Crippen LogP contribution >= 0.6 is 0 Å². The fraction of sp³-hybridized carbons (Fsp3) is 0.533. The maximum absolute atomic E-state index is 12.3. The van der Waals surface area contributed by atoms with Gasteiger partial charge in [-0.05, 0) is 43.9 Å². The van der Waals surface area contributed by atoms with E-state index in [2.05, 4.69) is 5.32 Å². The Kier molecular flexibility index (Phi) is 4.88. The zero-order valence-corrected chi connectivity index (χ0v) is 13.0. The summed E-state index contributed by atoms with van der Waals surface area (Å²) >= 11 is 0. The van der Waals surface area contributed by atoms with Crippen LogP contribution in [0.1, 0.15) is 32.6 Å². The average molecular weight is 310 g/mol. The van der Waals surface area contributed by atoms with Crippen molar-refractivity contribution >= 4 is 27.1 Å². The number of amides is 1. The Hall–Kier alpha value is -1.56. The largest absolute Gasteiger partial charge is 0.399 e. The quantitative estimate of drug-likeness (QED) is 0.816. The molecule has 1 aromatic rings. The van der Waals surface area contributed by atoms with Crippen LogP contribution in [-0.2, 0) is 14.6 Å². The Labute approximate surface area is 125 Å². The number of nitrogen functional groups attached to an aromatic ring is 1. The molecule has 3 N–H and O–H groups in total. The Morgan fingerprint density at radius 1 is 1.38 bits per heavy atom. The number of hydrogen-bond acceptors (Lipinski definition) is 4. The van der Waals surface area contributed by atoms with Crippen molar-refractivity contribution in [1.82, 2.24) is 0 Å². The first-order valence-corrected chi connectivity index (χ1v) is 8.98. The number of nitrogens with two attached hydrogens (primary N) is 1. The molecular formula is C15H22N2O3S. The molecule has 21 heavy (non-hydrogen) atoms. The summed E-state index contributed by atoms with van der Waals surface area (Å²) in [6.07, 6.45) is 4.07. The first-order valence-electron chi connectivity index (χ1n) is 7.26. The van der Waals surface area contributed by atoms with E-state index in [1.807, 2.05) is 0 Å². The molecule has 0 radical (unpaired) electrons. The van der Waals surface area contributed by atoms with Crippen molar-refractivity contribution in [3.05, 3.63) is 24.3 Å². The van der Waals surface area contributed by atoms with E-state index in [9.17, 15) is 13.2 Å². The van der Waals surface area contributed by atoms with Crippen LogP contribution in [0.4, 0.5) is 11.4 Å². The van der Waals surface area contributed by atoms with Crippen molar-refractivity contribution in [2.75, 3.05) is 16.8 Å². The van der Waals surface area contributed by atoms with Crippen molar-refractivity contribution in [2.45, 2.75) is 37.9 Å². The smallest absolute Gasteiger partial charge is 0.242 e. The second-order valence-electron chi connectivity index (χ2n) is 5.74. The Morgan fingerprint density at radius 2 is 2.05 bits per heavy atom. The van der Waals surface area contributed by atoms with Gasteiger partial charge in [-0.1, -0.05) is 18.9 Å². The lowest BCUT2D eigenvalue weighted by Crippen LogP contribution is -2.35. The van der Waals surface area contributed by atoms with Gasteiger partial charge < -0.3 is 11.1 Å². The van der Waals surface area contributed by atoms with Gasteiger partial charge in [-0.25, -0.2) is 8.42 Å². The van der Waals surface area contributed by atoms with E-state index in [1.165, 1.54) is 6.92 Å². The normalized spacial score (nSPS) is 17.6. The summed E-state index contributed by atoms with van der Waals surface area (Å²) in [5.74, 6) is -0.186. The highest BCUT2D eigenvalue weighted by molar-refractivity contribution is 7.92. The number of hydrogen-bond donors (Lipinski definition) is 2. The fourth-order valence-electron chi connectivity index (χ4n) is 2.67. The minimum absolute atomic E-state index is 0.110. The molecule has 116 valence electrons. The Morgan fingerprint density at radius 3 is 2.67 bits per heavy atom. The molecule has 1 fully saturated rings. The highest BCUT2D eigenvalue weighted by atomic mass is 32.2. The molecule has 0 saturated heterocycles. The van der Waals surface area contributed by atoms with Gasteiger partial charge in [0.15, 0.2) is 9.84 Å². The van der Waals surface area contributed by atoms with Crippen molar-refractivity contribution in [1.29, 1.82) is 0 Å². The van der Waals surface area contributed by atoms with Crippen LogP contribution in [0.2, 0.25) is 0 Å². The summed E-state index contributed by atoms with van der Waals surface area (Å²) in [7, 11) is -3.42. The summed E-state index contributed by atoms with van der Waals surface area (Å²) in [6, 6.07) is 6.71. The molecule has 1 aliphatic carbocycles. The molecule has 1 atom stereocenters. The Balaban J connectivity index is 2.00. The molecule has 2 rings (SSSR count). The van der Waals surface area contributed by atoms with Crippen molar-refractivity contribution in [2.24, 2.45) is 5.92 Å². The van der Waals surface area contributed by atoms with E-state index in [-0.39, 0.29) is 11.7 Å². The maximum Gasteiger partial charge on any atom is 0.242 e. The summed E-state index contributed by atoms with van der Waals surface area (Å²) in [6.45, 7) is 1.45. The lowest BCUT2D eigenvalue weighted by molar-refractivity contribution is -0.115. The van der Waals surface area contributed by atoms with Gasteiger partial charge in [-0.3, -0.25) is 4.79 Å². The van der Waals surface area contributed by atoms with Gasteiger partial charge in [-0.15, -0.1) is 0 Å². The lowest BCUT2D eigenvalue weighted by Gasteiger charge is -2.16. The topological polar surface area (TPSA) is 89.3 Å². The first-order chi connectivity index (χ1) is 9.88. The predicted octanol–water partition coefficient (Wildman–Crippen LogP) is 2.20. The van der Waals surface area contributed by atoms with Crippen LogP contribution in [0, 0.1) is 5.92 Å². The third kappa shape index (κ3) is 4.20. The van der Waals surface area contributed by atoms with Gasteiger partial charge in [0, 0.05) is 11.4 Å². The van der Waals surface area contributed by atoms with Gasteiger partial charge in [0.2, 0.25) is 5.91 Å². The zero-order valence-electron chi connectivity index (χ0n) is 12.2. The van der Waals surface area contributed by atoms with Crippen LogP contribution in [-0.4, -0.2) is 25.3 Å². The molecule has 1 saturated carbocycles. The third-order valence-electron chi connectivity index (χ3n) is 4.00. The van der Waals surface area contributed by atoms with Crippen LogP contribution in [0.25, 0.3) is 0 Å². The van der Waals surface area contributed by atoms with Crippen molar-refractivity contribution in [3.63, 3.8) is 0 Å². The van der Waals surface area contributed by atoms with Crippen molar-refractivity contribution in [3.8, 4) is 0 Å². The van der Waals surface area contributed by atoms with Crippen LogP contribution in [0.15, 0.2) is 24.3 Å². The van der Waals surface area contributed by atoms with Crippen molar-refractivity contribution < 1.29 is 13.2 Å². The van der Waals surface area contributed by atoms with E-state index in [4.69, 9.17) is 5.73 Å². The fourth-order valence-corrected chi connectivity index (χ4v) is 4.34. The maximum atomic E-state index is 12.3. The summed E-state index contributed by atoms with van der Waals surface area (Å²) in [5.41, 5.74) is 6.67. The van der Waals surface area contributed by atoms with E-state index in [0.29, 0.717) is 11.4 Å². The molecule has 1 aliphatic rings. The molecular weight excluding hydrogens is 288 g/mol. The molecule has 1 unspecified atom stereocenters. The van der Waals surface area contributed by atoms with Gasteiger partial charge in [0.25, 0.3) is 0 Å². The number of carbonyl (C=O) groups excluding carboxylic acids is 1. The van der Waals surface area contributed by atoms with Gasteiger partial charge in [-0.2, -0.15) is 0 Å². The molecule has 0 bridgehead atoms. The average Bonchev–Trinajstić information content (AvgIpc) is 2.89. The van der Waals surface area contributed by atoms with E-state index in [0.717, 1.165) is 25.7 Å². The summed E-state index contributed by atoms with van der Waals surface area (Å²) < 4.78 is 24.6. The third-order valence-corrected chi connectivity index (χ3v) is 6.23. The number of benzene rings is 1. The summed E-state index contributed by atoms with van der Waals surface area (Å²) in [4.78, 5) is 12.1. The lowest BCUT2D eigenvalue weighted by atomic mass is 10.1. The van der Waals surface area contributed by atoms with Crippen LogP contribution in [0.3, 0.4) is 0 Å². The SMILES string of the molecule is CC(C(=O)Nc1cccc(N)c1)S(=O)(=O)CC1CCCC1. The standard InChI is InChI=1S/C15H22N2O3S/c1-11(21(19,20)10-12-5-2-3-6-12)15(18)17-14-8-4-7-13(16)9-14/h4,7-9,11-12H,2-3,5-6,10,16H2,1H3,(H,17,18). The van der Waals surface area contributed by atoms with Gasteiger partial charge >= 0.3 is 0 Å². The number of sulfone groups is 1. The minimum atomic E-state index is -3.42. The molecule has 5 nitrogen and oxygen atoms in total. The van der Waals surface area contributed by atoms with Crippen LogP contribution < -0.4 is 11.1 Å². The van der Waals surface area contributed by atoms with E-state index >= 15 is 0 Å². The highest BCUT2D eigenvalue weighted by Crippen LogP contribution is 2.27. The van der Waals surface area contributed by atoms with Crippen LogP contribution in [0.5, 0.6) is 0 Å². The molecule has 0 spiro atoms. The molecule has 0 aromatic heterocycles. The number of rotatable bonds is 5.